The molecule has 7 heteroatoms. The highest BCUT2D eigenvalue weighted by molar-refractivity contribution is 7.91. The molecule has 0 aromatic carbocycles. The van der Waals surface area contributed by atoms with E-state index in [0.29, 0.717) is 25.9 Å². The second kappa shape index (κ2) is 4.87. The molecule has 0 spiro atoms. The first-order chi connectivity index (χ1) is 8.44. The Hall–Kier alpha value is -1.11. The summed E-state index contributed by atoms with van der Waals surface area (Å²) in [5.41, 5.74) is 0. The predicted octanol–water partition coefficient (Wildman–Crippen LogP) is -0.842. The minimum absolute atomic E-state index is 0.0691. The predicted molar refractivity (Wildman–Crippen MR) is 65.6 cm³/mol. The molecule has 2 rings (SSSR count). The fraction of sp³-hybridized carbons (Fsp3) is 0.818. The molecular formula is C11H18N2O4S. The standard InChI is InChI=1S/C11H18N2O4S/c1-2-9-10(14)12-4-5-13(9)11(15)8-3-6-18(16,17)7-8/h8-9H,2-7H2,1H3,(H,12,14). The van der Waals surface area contributed by atoms with Gasteiger partial charge >= 0.3 is 0 Å². The molecule has 0 aliphatic carbocycles. The Bertz CT molecular complexity index is 460. The summed E-state index contributed by atoms with van der Waals surface area (Å²) in [5, 5.41) is 2.72. The molecule has 102 valence electrons. The molecule has 2 amide bonds. The number of amides is 2. The Morgan fingerprint density at radius 3 is 2.78 bits per heavy atom. The highest BCUT2D eigenvalue weighted by atomic mass is 32.2. The van der Waals surface area contributed by atoms with Gasteiger partial charge in [0, 0.05) is 13.1 Å². The number of piperazine rings is 1. The van der Waals surface area contributed by atoms with Gasteiger partial charge in [-0.3, -0.25) is 9.59 Å². The molecule has 18 heavy (non-hydrogen) atoms. The van der Waals surface area contributed by atoms with Crippen molar-refractivity contribution in [3.8, 4) is 0 Å². The zero-order valence-corrected chi connectivity index (χ0v) is 11.2. The number of carbonyl (C=O) groups excluding carboxylic acids is 2. The van der Waals surface area contributed by atoms with Crippen molar-refractivity contribution < 1.29 is 18.0 Å². The van der Waals surface area contributed by atoms with E-state index < -0.39 is 21.8 Å². The van der Waals surface area contributed by atoms with E-state index >= 15 is 0 Å². The van der Waals surface area contributed by atoms with Crippen molar-refractivity contribution >= 4 is 21.7 Å². The van der Waals surface area contributed by atoms with Crippen LogP contribution in [0.3, 0.4) is 0 Å². The molecule has 6 nitrogen and oxygen atoms in total. The molecule has 2 unspecified atom stereocenters. The highest BCUT2D eigenvalue weighted by Crippen LogP contribution is 2.23. The van der Waals surface area contributed by atoms with Gasteiger partial charge in [0.15, 0.2) is 9.84 Å². The van der Waals surface area contributed by atoms with Crippen molar-refractivity contribution in [3.63, 3.8) is 0 Å². The SMILES string of the molecule is CCC1C(=O)NCCN1C(=O)C1CCS(=O)(=O)C1. The Kier molecular flexibility index (Phi) is 3.61. The average Bonchev–Trinajstić information content (AvgIpc) is 2.68. The van der Waals surface area contributed by atoms with Crippen molar-refractivity contribution in [2.24, 2.45) is 5.92 Å². The van der Waals surface area contributed by atoms with Gasteiger partial charge in [0.05, 0.1) is 17.4 Å². The van der Waals surface area contributed by atoms with E-state index in [1.54, 1.807) is 4.90 Å². The van der Waals surface area contributed by atoms with Crippen LogP contribution in [0.2, 0.25) is 0 Å². The number of nitrogens with one attached hydrogen (secondary N) is 1. The van der Waals surface area contributed by atoms with Gasteiger partial charge in [0.1, 0.15) is 6.04 Å². The van der Waals surface area contributed by atoms with Crippen molar-refractivity contribution in [1.82, 2.24) is 10.2 Å². The molecule has 0 bridgehead atoms. The summed E-state index contributed by atoms with van der Waals surface area (Å²) in [6.07, 6.45) is 0.937. The fourth-order valence-corrected chi connectivity index (χ4v) is 4.34. The van der Waals surface area contributed by atoms with Gasteiger partial charge in [-0.1, -0.05) is 6.92 Å². The summed E-state index contributed by atoms with van der Waals surface area (Å²) in [7, 11) is -3.06. The van der Waals surface area contributed by atoms with Crippen molar-refractivity contribution in [1.29, 1.82) is 0 Å². The van der Waals surface area contributed by atoms with Crippen LogP contribution in [0.1, 0.15) is 19.8 Å². The van der Waals surface area contributed by atoms with Crippen LogP contribution in [0.5, 0.6) is 0 Å². The van der Waals surface area contributed by atoms with Crippen molar-refractivity contribution in [2.45, 2.75) is 25.8 Å². The lowest BCUT2D eigenvalue weighted by Crippen LogP contribution is -2.58. The lowest BCUT2D eigenvalue weighted by Gasteiger charge is -2.35. The van der Waals surface area contributed by atoms with Crippen LogP contribution >= 0.6 is 0 Å². The van der Waals surface area contributed by atoms with Gasteiger partial charge in [-0.2, -0.15) is 0 Å². The second-order valence-corrected chi connectivity index (χ2v) is 7.08. The minimum Gasteiger partial charge on any atom is -0.353 e. The van der Waals surface area contributed by atoms with Gasteiger partial charge in [0.2, 0.25) is 11.8 Å². The molecule has 2 aliphatic heterocycles. The zero-order chi connectivity index (χ0) is 13.3. The third-order valence-corrected chi connectivity index (χ3v) is 5.35. The number of sulfone groups is 1. The van der Waals surface area contributed by atoms with E-state index in [1.165, 1.54) is 0 Å². The largest absolute Gasteiger partial charge is 0.353 e. The number of carbonyl (C=O) groups is 2. The summed E-state index contributed by atoms with van der Waals surface area (Å²) in [5.74, 6) is -0.772. The molecule has 2 atom stereocenters. The molecule has 2 heterocycles. The maximum atomic E-state index is 12.3. The molecule has 2 aliphatic rings. The Balaban J connectivity index is 2.10. The molecule has 1 N–H and O–H groups in total. The van der Waals surface area contributed by atoms with E-state index in [9.17, 15) is 18.0 Å². The van der Waals surface area contributed by atoms with Gasteiger partial charge in [-0.15, -0.1) is 0 Å². The quantitative estimate of drug-likeness (QED) is 0.711. The normalized spacial score (nSPS) is 31.2. The van der Waals surface area contributed by atoms with Crippen molar-refractivity contribution in [2.75, 3.05) is 24.6 Å². The molecule has 0 radical (unpaired) electrons. The Morgan fingerprint density at radius 2 is 2.22 bits per heavy atom. The summed E-state index contributed by atoms with van der Waals surface area (Å²) < 4.78 is 22.8. The van der Waals surface area contributed by atoms with Gasteiger partial charge in [-0.25, -0.2) is 8.42 Å². The first-order valence-electron chi connectivity index (χ1n) is 6.23. The van der Waals surface area contributed by atoms with Crippen LogP contribution in [-0.4, -0.2) is 55.8 Å². The summed E-state index contributed by atoms with van der Waals surface area (Å²) in [6.45, 7) is 2.77. The second-order valence-electron chi connectivity index (χ2n) is 4.85. The highest BCUT2D eigenvalue weighted by Gasteiger charge is 2.39. The summed E-state index contributed by atoms with van der Waals surface area (Å²) in [4.78, 5) is 25.5. The van der Waals surface area contributed by atoms with Gasteiger partial charge in [-0.05, 0) is 12.8 Å². The van der Waals surface area contributed by atoms with E-state index in [0.717, 1.165) is 0 Å². The Morgan fingerprint density at radius 1 is 1.50 bits per heavy atom. The van der Waals surface area contributed by atoms with Gasteiger partial charge in [0.25, 0.3) is 0 Å². The molecule has 2 saturated heterocycles. The van der Waals surface area contributed by atoms with Crippen LogP contribution in [-0.2, 0) is 19.4 Å². The minimum atomic E-state index is -3.06. The van der Waals surface area contributed by atoms with Crippen LogP contribution in [0.15, 0.2) is 0 Å². The van der Waals surface area contributed by atoms with Crippen LogP contribution in [0.4, 0.5) is 0 Å². The number of hydrogen-bond donors (Lipinski definition) is 1. The third-order valence-electron chi connectivity index (χ3n) is 3.58. The lowest BCUT2D eigenvalue weighted by molar-refractivity contribution is -0.145. The lowest BCUT2D eigenvalue weighted by atomic mass is 10.0. The third kappa shape index (κ3) is 2.50. The molecule has 2 fully saturated rings. The van der Waals surface area contributed by atoms with Crippen LogP contribution in [0, 0.1) is 5.92 Å². The molecular weight excluding hydrogens is 256 g/mol. The topological polar surface area (TPSA) is 83.6 Å². The van der Waals surface area contributed by atoms with E-state index in [4.69, 9.17) is 0 Å². The summed E-state index contributed by atoms with van der Waals surface area (Å²) >= 11 is 0. The van der Waals surface area contributed by atoms with Crippen molar-refractivity contribution in [3.05, 3.63) is 0 Å². The smallest absolute Gasteiger partial charge is 0.242 e. The van der Waals surface area contributed by atoms with E-state index in [1.807, 2.05) is 6.92 Å². The maximum Gasteiger partial charge on any atom is 0.242 e. The maximum absolute atomic E-state index is 12.3. The number of nitrogens with zero attached hydrogens (tertiary/aromatic N) is 1. The molecule has 0 aromatic rings. The first kappa shape index (κ1) is 13.3. The fourth-order valence-electron chi connectivity index (χ4n) is 2.61. The monoisotopic (exact) mass is 274 g/mol. The summed E-state index contributed by atoms with van der Waals surface area (Å²) in [6, 6.07) is -0.449. The average molecular weight is 274 g/mol. The zero-order valence-electron chi connectivity index (χ0n) is 10.4. The molecule has 0 aromatic heterocycles. The van der Waals surface area contributed by atoms with Crippen LogP contribution < -0.4 is 5.32 Å². The van der Waals surface area contributed by atoms with Crippen LogP contribution in [0.25, 0.3) is 0 Å². The van der Waals surface area contributed by atoms with E-state index in [2.05, 4.69) is 5.32 Å². The molecule has 0 saturated carbocycles. The first-order valence-corrected chi connectivity index (χ1v) is 8.05. The van der Waals surface area contributed by atoms with E-state index in [-0.39, 0.29) is 23.3 Å². The number of rotatable bonds is 2. The Labute approximate surface area is 107 Å². The number of hydrogen-bond acceptors (Lipinski definition) is 4. The van der Waals surface area contributed by atoms with Gasteiger partial charge < -0.3 is 10.2 Å².